The minimum Gasteiger partial charge on any atom is -0.329 e. The van der Waals surface area contributed by atoms with Gasteiger partial charge in [0.05, 0.1) is 0 Å². The maximum atomic E-state index is 4.90. The molecular weight excluding hydrogens is 124 g/mol. The highest BCUT2D eigenvalue weighted by Gasteiger charge is 1.76. The van der Waals surface area contributed by atoms with Gasteiger partial charge in [-0.1, -0.05) is 24.3 Å². The summed E-state index contributed by atoms with van der Waals surface area (Å²) in [5.74, 6) is 0. The first-order chi connectivity index (χ1) is 4.91. The molecule has 0 aliphatic heterocycles. The van der Waals surface area contributed by atoms with Gasteiger partial charge in [0.25, 0.3) is 0 Å². The number of hydrogen-bond donors (Lipinski definition) is 2. The van der Waals surface area contributed by atoms with Crippen LogP contribution in [0.4, 0.5) is 0 Å². The largest absolute Gasteiger partial charge is 0.329 e. The van der Waals surface area contributed by atoms with E-state index in [1.54, 1.807) is 0 Å². The number of hydrogen-bond acceptors (Lipinski definition) is 2. The van der Waals surface area contributed by atoms with Crippen molar-refractivity contribution in [1.82, 2.24) is 0 Å². The average Bonchev–Trinajstić information content (AvgIpc) is 2.08. The topological polar surface area (TPSA) is 52.0 Å². The molecule has 0 bridgehead atoms. The molecule has 10 heavy (non-hydrogen) atoms. The Balaban J connectivity index is 0.000000180. The second-order valence-corrected chi connectivity index (χ2v) is 1.99. The summed E-state index contributed by atoms with van der Waals surface area (Å²) < 4.78 is 0. The Morgan fingerprint density at radius 1 is 0.800 bits per heavy atom. The summed E-state index contributed by atoms with van der Waals surface area (Å²) >= 11 is 0. The first kappa shape index (κ1) is 9.40. The summed E-state index contributed by atoms with van der Waals surface area (Å²) in [6.45, 7) is 1.19. The predicted molar refractivity (Wildman–Crippen MR) is 45.6 cm³/mol. The summed E-state index contributed by atoms with van der Waals surface area (Å²) in [6.07, 6.45) is 11.0. The van der Waals surface area contributed by atoms with Crippen LogP contribution < -0.4 is 11.5 Å². The Morgan fingerprint density at radius 2 is 1.10 bits per heavy atom. The number of allylic oxidation sites excluding steroid dienone is 4. The van der Waals surface area contributed by atoms with E-state index >= 15 is 0 Å². The smallest absolute Gasteiger partial charge is 0.00461 e. The molecule has 0 spiro atoms. The molecule has 0 radical (unpaired) electrons. The second kappa shape index (κ2) is 8.40. The molecule has 0 saturated carbocycles. The van der Waals surface area contributed by atoms with E-state index in [-0.39, 0.29) is 0 Å². The minimum atomic E-state index is 0.597. The summed E-state index contributed by atoms with van der Waals surface area (Å²) in [7, 11) is 0. The van der Waals surface area contributed by atoms with Gasteiger partial charge in [-0.25, -0.2) is 0 Å². The molecule has 1 aliphatic rings. The lowest BCUT2D eigenvalue weighted by atomic mass is 10.2. The van der Waals surface area contributed by atoms with Crippen LogP contribution in [0.3, 0.4) is 0 Å². The van der Waals surface area contributed by atoms with Gasteiger partial charge in [-0.2, -0.15) is 0 Å². The van der Waals surface area contributed by atoms with Gasteiger partial charge in [0, 0.05) is 13.1 Å². The zero-order valence-corrected chi connectivity index (χ0v) is 6.29. The summed E-state index contributed by atoms with van der Waals surface area (Å²) in [5.41, 5.74) is 9.81. The van der Waals surface area contributed by atoms with Crippen molar-refractivity contribution >= 4 is 0 Å². The highest BCUT2D eigenvalue weighted by molar-refractivity contribution is 5.02. The van der Waals surface area contributed by atoms with Crippen LogP contribution in [0.5, 0.6) is 0 Å². The van der Waals surface area contributed by atoms with Crippen molar-refractivity contribution in [2.45, 2.75) is 12.8 Å². The molecule has 0 aromatic rings. The van der Waals surface area contributed by atoms with E-state index in [4.69, 9.17) is 11.5 Å². The third-order valence-corrected chi connectivity index (χ3v) is 1.04. The Bertz CT molecular complexity index is 83.8. The lowest BCUT2D eigenvalue weighted by Gasteiger charge is -1.87. The molecule has 2 heteroatoms. The summed E-state index contributed by atoms with van der Waals surface area (Å²) in [6, 6.07) is 0. The Hall–Kier alpha value is -0.600. The van der Waals surface area contributed by atoms with Gasteiger partial charge < -0.3 is 11.5 Å². The molecule has 0 fully saturated rings. The maximum Gasteiger partial charge on any atom is 0.00461 e. The van der Waals surface area contributed by atoms with Crippen LogP contribution in [0.25, 0.3) is 0 Å². The van der Waals surface area contributed by atoms with E-state index in [1.165, 1.54) is 0 Å². The minimum absolute atomic E-state index is 0.597. The van der Waals surface area contributed by atoms with Crippen LogP contribution >= 0.6 is 0 Å². The Labute approximate surface area is 62.6 Å². The predicted octanol–water partition coefficient (Wildman–Crippen LogP) is 0.796. The number of rotatable bonds is 1. The third-order valence-electron chi connectivity index (χ3n) is 1.04. The highest BCUT2D eigenvalue weighted by atomic mass is 14.6. The molecule has 0 amide bonds. The number of nitrogens with two attached hydrogens (primary N) is 2. The van der Waals surface area contributed by atoms with Crippen LogP contribution in [0.15, 0.2) is 24.3 Å². The fourth-order valence-corrected chi connectivity index (χ4v) is 0.542. The summed E-state index contributed by atoms with van der Waals surface area (Å²) in [5, 5.41) is 0. The lowest BCUT2D eigenvalue weighted by molar-refractivity contribution is 0.976. The first-order valence-electron chi connectivity index (χ1n) is 3.62. The van der Waals surface area contributed by atoms with Crippen molar-refractivity contribution in [3.05, 3.63) is 24.3 Å². The standard InChI is InChI=1S/C6H8.C2H8N2/c1-2-4-6-5-3-1;3-1-2-4/h1-2,5-6H,3-4H2;1-4H2. The van der Waals surface area contributed by atoms with Crippen LogP contribution in [0, 0.1) is 0 Å². The van der Waals surface area contributed by atoms with Gasteiger partial charge in [0.15, 0.2) is 0 Å². The monoisotopic (exact) mass is 140 g/mol. The molecule has 0 atom stereocenters. The molecule has 1 aliphatic carbocycles. The third kappa shape index (κ3) is 7.40. The van der Waals surface area contributed by atoms with Crippen molar-refractivity contribution < 1.29 is 0 Å². The highest BCUT2D eigenvalue weighted by Crippen LogP contribution is 1.97. The molecule has 4 N–H and O–H groups in total. The molecule has 0 saturated heterocycles. The molecule has 0 unspecified atom stereocenters. The molecule has 1 rings (SSSR count). The average molecular weight is 140 g/mol. The van der Waals surface area contributed by atoms with E-state index < -0.39 is 0 Å². The molecule has 0 heterocycles. The van der Waals surface area contributed by atoms with Gasteiger partial charge in [0.2, 0.25) is 0 Å². The lowest BCUT2D eigenvalue weighted by Crippen LogP contribution is -2.11. The molecule has 0 aromatic heterocycles. The van der Waals surface area contributed by atoms with E-state index in [1.807, 2.05) is 0 Å². The van der Waals surface area contributed by atoms with Crippen molar-refractivity contribution in [3.63, 3.8) is 0 Å². The molecule has 0 aromatic carbocycles. The molecule has 2 nitrogen and oxygen atoms in total. The van der Waals surface area contributed by atoms with Crippen LogP contribution in [-0.4, -0.2) is 13.1 Å². The quantitative estimate of drug-likeness (QED) is 0.529. The van der Waals surface area contributed by atoms with Gasteiger partial charge in [-0.3, -0.25) is 0 Å². The SMILES string of the molecule is C1=CCC=CC1.NCCN. The Morgan fingerprint density at radius 3 is 1.20 bits per heavy atom. The van der Waals surface area contributed by atoms with Gasteiger partial charge in [-0.05, 0) is 12.8 Å². The van der Waals surface area contributed by atoms with E-state index in [0.717, 1.165) is 12.8 Å². The molecule has 58 valence electrons. The van der Waals surface area contributed by atoms with Crippen molar-refractivity contribution in [2.75, 3.05) is 13.1 Å². The summed E-state index contributed by atoms with van der Waals surface area (Å²) in [4.78, 5) is 0. The second-order valence-electron chi connectivity index (χ2n) is 1.99. The Kier molecular flexibility index (Phi) is 7.90. The zero-order valence-electron chi connectivity index (χ0n) is 6.29. The van der Waals surface area contributed by atoms with E-state index in [0.29, 0.717) is 13.1 Å². The van der Waals surface area contributed by atoms with Crippen molar-refractivity contribution in [1.29, 1.82) is 0 Å². The van der Waals surface area contributed by atoms with E-state index in [9.17, 15) is 0 Å². The van der Waals surface area contributed by atoms with Gasteiger partial charge >= 0.3 is 0 Å². The first-order valence-corrected chi connectivity index (χ1v) is 3.62. The van der Waals surface area contributed by atoms with Crippen molar-refractivity contribution in [3.8, 4) is 0 Å². The van der Waals surface area contributed by atoms with E-state index in [2.05, 4.69) is 24.3 Å². The fourth-order valence-electron chi connectivity index (χ4n) is 0.542. The van der Waals surface area contributed by atoms with Gasteiger partial charge in [0.1, 0.15) is 0 Å². The van der Waals surface area contributed by atoms with Crippen molar-refractivity contribution in [2.24, 2.45) is 11.5 Å². The maximum absolute atomic E-state index is 4.90. The van der Waals surface area contributed by atoms with Crippen LogP contribution in [0.2, 0.25) is 0 Å². The fraction of sp³-hybridized carbons (Fsp3) is 0.500. The molecular formula is C8H16N2. The van der Waals surface area contributed by atoms with Gasteiger partial charge in [-0.15, -0.1) is 0 Å². The zero-order chi connectivity index (χ0) is 7.66. The van der Waals surface area contributed by atoms with Crippen LogP contribution in [0.1, 0.15) is 12.8 Å². The normalized spacial score (nSPS) is 14.2. The van der Waals surface area contributed by atoms with Crippen LogP contribution in [-0.2, 0) is 0 Å².